The third kappa shape index (κ3) is 17.4. The summed E-state index contributed by atoms with van der Waals surface area (Å²) in [5.41, 5.74) is 0. The molecule has 23 heavy (non-hydrogen) atoms. The largest absolute Gasteiger partial charge is 2.00 e. The summed E-state index contributed by atoms with van der Waals surface area (Å²) in [5.74, 6) is 0. The summed E-state index contributed by atoms with van der Waals surface area (Å²) < 4.78 is 63.8. The zero-order chi connectivity index (χ0) is 17.3. The van der Waals surface area contributed by atoms with E-state index in [2.05, 4.69) is 17.2 Å². The molecule has 0 aromatic rings. The maximum Gasteiger partial charge on any atom is 2.00 e. The molecule has 23 heteroatoms. The molecule has 0 fully saturated rings. The van der Waals surface area contributed by atoms with Gasteiger partial charge in [-0.3, -0.25) is 13.4 Å². The van der Waals surface area contributed by atoms with Crippen molar-refractivity contribution in [2.75, 3.05) is 0 Å². The van der Waals surface area contributed by atoms with Crippen LogP contribution in [0.4, 0.5) is 0 Å². The van der Waals surface area contributed by atoms with Gasteiger partial charge in [0.25, 0.3) is 15.6 Å². The van der Waals surface area contributed by atoms with Gasteiger partial charge in [-0.2, -0.15) is 4.31 Å². The molecule has 3 N–H and O–H groups in total. The van der Waals surface area contributed by atoms with Crippen molar-refractivity contribution in [2.24, 2.45) is 0 Å². The van der Waals surface area contributed by atoms with E-state index >= 15 is 0 Å². The fraction of sp³-hybridized carbons (Fsp3) is 0. The van der Waals surface area contributed by atoms with E-state index < -0.39 is 39.1 Å². The van der Waals surface area contributed by atoms with Crippen molar-refractivity contribution in [1.29, 1.82) is 0 Å². The van der Waals surface area contributed by atoms with Gasteiger partial charge in [0.15, 0.2) is 0 Å². The van der Waals surface area contributed by atoms with Gasteiger partial charge in [-0.15, -0.1) is 0 Å². The van der Waals surface area contributed by atoms with Gasteiger partial charge in [0, 0.05) is 0 Å². The second-order valence-corrected chi connectivity index (χ2v) is 9.84. The Morgan fingerprint density at radius 2 is 0.957 bits per heavy atom. The first-order valence-corrected chi connectivity index (χ1v) is 11.1. The average Bonchev–Trinajstić information content (AvgIpc) is 1.83. The summed E-state index contributed by atoms with van der Waals surface area (Å²) in [4.78, 5) is 66.1. The molecule has 0 saturated carbocycles. The zero-order valence-electron chi connectivity index (χ0n) is 10.3. The molecule has 0 rings (SSSR count). The first-order valence-electron chi connectivity index (χ1n) is 3.70. The molecule has 0 aliphatic heterocycles. The van der Waals surface area contributed by atoms with Crippen molar-refractivity contribution >= 4 is 85.2 Å². The van der Waals surface area contributed by atoms with Crippen LogP contribution in [0, 0.1) is 0 Å². The van der Waals surface area contributed by atoms with Crippen molar-refractivity contribution in [1.82, 2.24) is 0 Å². The Morgan fingerprint density at radius 3 is 1.26 bits per heavy atom. The molecule has 0 aliphatic carbocycles. The Morgan fingerprint density at radius 1 is 0.609 bits per heavy atom. The maximum atomic E-state index is 10.8. The van der Waals surface area contributed by atoms with Crippen LogP contribution in [0.15, 0.2) is 0 Å². The van der Waals surface area contributed by atoms with E-state index in [1.165, 1.54) is 0 Å². The van der Waals surface area contributed by atoms with Gasteiger partial charge in [-0.25, -0.2) is 17.8 Å². The molecule has 0 bridgehead atoms. The van der Waals surface area contributed by atoms with E-state index in [0.717, 1.165) is 0 Å². The van der Waals surface area contributed by atoms with E-state index in [4.69, 9.17) is 14.7 Å². The van der Waals surface area contributed by atoms with Gasteiger partial charge in [-0.05, 0) is 0 Å². The van der Waals surface area contributed by atoms with Gasteiger partial charge in [-0.1, -0.05) is 0 Å². The van der Waals surface area contributed by atoms with E-state index in [1.807, 2.05) is 0 Å². The van der Waals surface area contributed by atoms with E-state index in [-0.39, 0.29) is 46.1 Å². The molecule has 3 unspecified atom stereocenters. The van der Waals surface area contributed by atoms with Gasteiger partial charge >= 0.3 is 61.8 Å². The molecule has 0 spiro atoms. The van der Waals surface area contributed by atoms with Gasteiger partial charge in [0.05, 0.1) is 7.82 Å². The molecule has 0 heterocycles. The molecular formula is H3Mg2O16P5. The van der Waals surface area contributed by atoms with Crippen molar-refractivity contribution in [3.8, 4) is 0 Å². The monoisotopic (exact) mass is 462 g/mol. The first-order chi connectivity index (χ1) is 8.83. The molecule has 0 radical (unpaired) electrons. The minimum Gasteiger partial charge on any atom is -0.790 e. The Bertz CT molecular complexity index is 556. The molecule has 16 nitrogen and oxygen atoms in total. The standard InChI is InChI=1S/2Mg.H7O16P5/c;;1-17(2,3)13-19(7,8)15-21(11,12)16-20(9,10)14-18(4,5)6/h;;(H,7,8)(H,9,10)(H,11,12)(H2,1,2,3)(H2,4,5,6)/q2*+2;/p-4. The van der Waals surface area contributed by atoms with Crippen LogP contribution in [0.1, 0.15) is 0 Å². The van der Waals surface area contributed by atoms with Crippen LogP contribution in [-0.2, 0) is 40.1 Å². The van der Waals surface area contributed by atoms with Crippen molar-refractivity contribution in [3.63, 3.8) is 0 Å². The average molecular weight is 462 g/mol. The van der Waals surface area contributed by atoms with Gasteiger partial charge in [0.1, 0.15) is 0 Å². The minimum atomic E-state index is -6.44. The molecule has 0 amide bonds. The predicted octanol–water partition coefficient (Wildman–Crippen LogP) is -3.75. The molecule has 0 aromatic heterocycles. The SMILES string of the molecule is O=P([O-])([O-])OP(=O)([O-])OP(=O)([O-])OP(=O)(O)OP(=O)(O)O.[Mg+2].[Mg+2]. The van der Waals surface area contributed by atoms with Crippen molar-refractivity contribution in [2.45, 2.75) is 0 Å². The number of rotatable bonds is 8. The molecule has 0 saturated heterocycles. The topological polar surface area (TPSA) is 275 Å². The zero-order valence-corrected chi connectivity index (χ0v) is 17.6. The third-order valence-corrected chi connectivity index (χ3v) is 7.31. The second-order valence-electron chi connectivity index (χ2n) is 2.63. The van der Waals surface area contributed by atoms with E-state index in [0.29, 0.717) is 0 Å². The van der Waals surface area contributed by atoms with Crippen LogP contribution in [0.25, 0.3) is 0 Å². The smallest absolute Gasteiger partial charge is 0.790 e. The van der Waals surface area contributed by atoms with E-state index in [9.17, 15) is 42.4 Å². The number of hydrogen-bond acceptors (Lipinski definition) is 13. The molecule has 3 atom stereocenters. The molecule has 0 aliphatic rings. The van der Waals surface area contributed by atoms with Crippen LogP contribution >= 0.6 is 39.1 Å². The Labute approximate surface area is 159 Å². The van der Waals surface area contributed by atoms with E-state index in [1.54, 1.807) is 0 Å². The van der Waals surface area contributed by atoms with Crippen molar-refractivity contribution < 1.29 is 74.3 Å². The molecular weight excluding hydrogens is 459 g/mol. The summed E-state index contributed by atoms with van der Waals surface area (Å²) in [6, 6.07) is 0. The maximum absolute atomic E-state index is 10.8. The molecule has 0 aromatic carbocycles. The summed E-state index contributed by atoms with van der Waals surface area (Å²) >= 11 is 0. The quantitative estimate of drug-likeness (QED) is 0.230. The Kier molecular flexibility index (Phi) is 13.0. The van der Waals surface area contributed by atoms with Gasteiger partial charge < -0.3 is 38.8 Å². The van der Waals surface area contributed by atoms with Gasteiger partial charge in [0.2, 0.25) is 0 Å². The van der Waals surface area contributed by atoms with Crippen LogP contribution in [0.3, 0.4) is 0 Å². The summed E-state index contributed by atoms with van der Waals surface area (Å²) in [6.07, 6.45) is 0. The van der Waals surface area contributed by atoms with Crippen LogP contribution < -0.4 is 19.6 Å². The third-order valence-electron chi connectivity index (χ3n) is 0.813. The second kappa shape index (κ2) is 9.97. The van der Waals surface area contributed by atoms with Crippen molar-refractivity contribution in [3.05, 3.63) is 0 Å². The van der Waals surface area contributed by atoms with Crippen LogP contribution in [-0.4, -0.2) is 60.8 Å². The molecule has 128 valence electrons. The normalized spacial score (nSPS) is 20.1. The summed E-state index contributed by atoms with van der Waals surface area (Å²) in [5, 5.41) is 0. The number of hydrogen-bond donors (Lipinski definition) is 3. The first kappa shape index (κ1) is 30.0. The Hall–Kier alpha value is 2.24. The minimum absolute atomic E-state index is 0. The Balaban J connectivity index is -0.00000200. The number of phosphoric acid groups is 5. The fourth-order valence-corrected chi connectivity index (χ4v) is 5.76. The van der Waals surface area contributed by atoms with Crippen LogP contribution in [0.5, 0.6) is 0 Å². The fourth-order valence-electron chi connectivity index (χ4n) is 0.550. The summed E-state index contributed by atoms with van der Waals surface area (Å²) in [6.45, 7) is 0. The summed E-state index contributed by atoms with van der Waals surface area (Å²) in [7, 11) is -30.9. The predicted molar refractivity (Wildman–Crippen MR) is 60.5 cm³/mol. The van der Waals surface area contributed by atoms with Crippen LogP contribution in [0.2, 0.25) is 0 Å².